The van der Waals surface area contributed by atoms with Gasteiger partial charge in [0.1, 0.15) is 12.4 Å². The third kappa shape index (κ3) is 5.48. The topological polar surface area (TPSA) is 34.1 Å². The maximum Gasteiger partial charge on any atom is 0.134 e. The maximum absolute atomic E-state index is 5.75. The van der Waals surface area contributed by atoms with Gasteiger partial charge in [-0.1, -0.05) is 18.2 Å². The van der Waals surface area contributed by atoms with Crippen molar-refractivity contribution in [3.8, 4) is 5.75 Å². The van der Waals surface area contributed by atoms with Crippen molar-refractivity contribution in [1.82, 2.24) is 10.3 Å². The quantitative estimate of drug-likeness (QED) is 0.873. The molecule has 0 radical (unpaired) electrons. The molecule has 0 atom stereocenters. The lowest BCUT2D eigenvalue weighted by Crippen LogP contribution is -2.35. The van der Waals surface area contributed by atoms with Gasteiger partial charge in [0, 0.05) is 18.3 Å². The summed E-state index contributed by atoms with van der Waals surface area (Å²) in [6, 6.07) is 11.9. The van der Waals surface area contributed by atoms with Gasteiger partial charge in [0.2, 0.25) is 0 Å². The van der Waals surface area contributed by atoms with E-state index in [-0.39, 0.29) is 5.54 Å². The molecule has 1 N–H and O–H groups in total. The van der Waals surface area contributed by atoms with E-state index in [1.165, 1.54) is 5.56 Å². The molecule has 21 heavy (non-hydrogen) atoms. The molecule has 2 aromatic rings. The average molecular weight is 349 g/mol. The standard InChI is InChI=1S/C17H21BrN2O/c1-17(2,3)20-11-13-8-9-14(19-10-13)12-21-16-7-5-4-6-15(16)18/h4-10,20H,11-12H2,1-3H3. The predicted molar refractivity (Wildman–Crippen MR) is 89.3 cm³/mol. The monoisotopic (exact) mass is 348 g/mol. The summed E-state index contributed by atoms with van der Waals surface area (Å²) in [5.41, 5.74) is 2.21. The zero-order valence-corrected chi connectivity index (χ0v) is 14.3. The largest absolute Gasteiger partial charge is 0.486 e. The molecule has 112 valence electrons. The molecule has 0 aliphatic carbocycles. The molecular formula is C17H21BrN2O. The third-order valence-corrected chi connectivity index (χ3v) is 3.58. The minimum atomic E-state index is 0.112. The Bertz CT molecular complexity index is 576. The summed E-state index contributed by atoms with van der Waals surface area (Å²) in [5, 5.41) is 3.45. The van der Waals surface area contributed by atoms with E-state index in [1.807, 2.05) is 36.5 Å². The van der Waals surface area contributed by atoms with Crippen molar-refractivity contribution in [3.05, 3.63) is 58.3 Å². The van der Waals surface area contributed by atoms with E-state index in [0.717, 1.165) is 22.5 Å². The fourth-order valence-electron chi connectivity index (χ4n) is 1.73. The summed E-state index contributed by atoms with van der Waals surface area (Å²) in [5.74, 6) is 0.831. The molecule has 0 unspecified atom stereocenters. The Morgan fingerprint density at radius 2 is 1.90 bits per heavy atom. The highest BCUT2D eigenvalue weighted by Crippen LogP contribution is 2.24. The van der Waals surface area contributed by atoms with Crippen LogP contribution in [0.2, 0.25) is 0 Å². The van der Waals surface area contributed by atoms with Gasteiger partial charge in [0.05, 0.1) is 10.2 Å². The Labute approximate surface area is 134 Å². The van der Waals surface area contributed by atoms with Gasteiger partial charge in [-0.3, -0.25) is 4.98 Å². The summed E-state index contributed by atoms with van der Waals surface area (Å²) in [6.45, 7) is 7.75. The van der Waals surface area contributed by atoms with Crippen LogP contribution < -0.4 is 10.1 Å². The van der Waals surface area contributed by atoms with Crippen LogP contribution in [0.5, 0.6) is 5.75 Å². The van der Waals surface area contributed by atoms with Crippen molar-refractivity contribution in [2.45, 2.75) is 39.5 Å². The second-order valence-electron chi connectivity index (χ2n) is 5.98. The van der Waals surface area contributed by atoms with Gasteiger partial charge < -0.3 is 10.1 Å². The number of para-hydroxylation sites is 1. The van der Waals surface area contributed by atoms with Crippen molar-refractivity contribution >= 4 is 15.9 Å². The number of benzene rings is 1. The highest BCUT2D eigenvalue weighted by atomic mass is 79.9. The SMILES string of the molecule is CC(C)(C)NCc1ccc(COc2ccccc2Br)nc1. The van der Waals surface area contributed by atoms with E-state index in [9.17, 15) is 0 Å². The Balaban J connectivity index is 1.89. The first-order valence-electron chi connectivity index (χ1n) is 7.00. The van der Waals surface area contributed by atoms with Crippen LogP contribution in [-0.2, 0) is 13.2 Å². The minimum Gasteiger partial charge on any atom is -0.486 e. The first kappa shape index (κ1) is 16.0. The number of hydrogen-bond acceptors (Lipinski definition) is 3. The molecule has 1 aromatic carbocycles. The van der Waals surface area contributed by atoms with Gasteiger partial charge in [-0.2, -0.15) is 0 Å². The van der Waals surface area contributed by atoms with Crippen LogP contribution in [0.25, 0.3) is 0 Å². The summed E-state index contributed by atoms with van der Waals surface area (Å²) in [6.07, 6.45) is 1.90. The Morgan fingerprint density at radius 1 is 1.14 bits per heavy atom. The number of pyridine rings is 1. The lowest BCUT2D eigenvalue weighted by Gasteiger charge is -2.20. The van der Waals surface area contributed by atoms with E-state index < -0.39 is 0 Å². The third-order valence-electron chi connectivity index (χ3n) is 2.92. The van der Waals surface area contributed by atoms with Crippen LogP contribution >= 0.6 is 15.9 Å². The van der Waals surface area contributed by atoms with Gasteiger partial charge >= 0.3 is 0 Å². The molecule has 0 saturated carbocycles. The molecule has 0 saturated heterocycles. The van der Waals surface area contributed by atoms with Crippen LogP contribution in [0.4, 0.5) is 0 Å². The number of nitrogens with zero attached hydrogens (tertiary/aromatic N) is 1. The summed E-state index contributed by atoms with van der Waals surface area (Å²) in [4.78, 5) is 4.44. The average Bonchev–Trinajstić information content (AvgIpc) is 2.45. The molecule has 2 rings (SSSR count). The number of aromatic nitrogens is 1. The number of ether oxygens (including phenoxy) is 1. The fraction of sp³-hybridized carbons (Fsp3) is 0.353. The lowest BCUT2D eigenvalue weighted by molar-refractivity contribution is 0.299. The number of rotatable bonds is 5. The first-order valence-corrected chi connectivity index (χ1v) is 7.79. The molecule has 0 bridgehead atoms. The molecular weight excluding hydrogens is 328 g/mol. The summed E-state index contributed by atoms with van der Waals surface area (Å²) in [7, 11) is 0. The zero-order chi connectivity index (χ0) is 15.3. The number of hydrogen-bond donors (Lipinski definition) is 1. The molecule has 4 heteroatoms. The van der Waals surface area contributed by atoms with Crippen molar-refractivity contribution in [2.24, 2.45) is 0 Å². The molecule has 0 amide bonds. The molecule has 0 spiro atoms. The first-order chi connectivity index (χ1) is 9.94. The van der Waals surface area contributed by atoms with Gasteiger partial charge in [-0.15, -0.1) is 0 Å². The second-order valence-corrected chi connectivity index (χ2v) is 6.83. The van der Waals surface area contributed by atoms with Crippen molar-refractivity contribution < 1.29 is 4.74 Å². The number of halogens is 1. The Kier molecular flexibility index (Phi) is 5.37. The maximum atomic E-state index is 5.75. The van der Waals surface area contributed by atoms with E-state index in [1.54, 1.807) is 0 Å². The lowest BCUT2D eigenvalue weighted by atomic mass is 10.1. The van der Waals surface area contributed by atoms with E-state index >= 15 is 0 Å². The van der Waals surface area contributed by atoms with E-state index in [2.05, 4.69) is 53.1 Å². The van der Waals surface area contributed by atoms with Gasteiger partial charge in [0.25, 0.3) is 0 Å². The van der Waals surface area contributed by atoms with Gasteiger partial charge in [-0.05, 0) is 60.5 Å². The van der Waals surface area contributed by atoms with E-state index in [0.29, 0.717) is 6.61 Å². The number of nitrogens with one attached hydrogen (secondary N) is 1. The minimum absolute atomic E-state index is 0.112. The Hall–Kier alpha value is -1.39. The van der Waals surface area contributed by atoms with Crippen LogP contribution in [0.15, 0.2) is 47.1 Å². The normalized spacial score (nSPS) is 11.4. The van der Waals surface area contributed by atoms with Crippen LogP contribution in [0.3, 0.4) is 0 Å². The van der Waals surface area contributed by atoms with Gasteiger partial charge in [0.15, 0.2) is 0 Å². The molecule has 0 aliphatic heterocycles. The summed E-state index contributed by atoms with van der Waals surface area (Å²) >= 11 is 3.47. The zero-order valence-electron chi connectivity index (χ0n) is 12.7. The summed E-state index contributed by atoms with van der Waals surface area (Å²) < 4.78 is 6.71. The highest BCUT2D eigenvalue weighted by Gasteiger charge is 2.08. The Morgan fingerprint density at radius 3 is 2.52 bits per heavy atom. The molecule has 1 aromatic heterocycles. The van der Waals surface area contributed by atoms with Crippen molar-refractivity contribution in [3.63, 3.8) is 0 Å². The van der Waals surface area contributed by atoms with Crippen LogP contribution in [0, 0.1) is 0 Å². The van der Waals surface area contributed by atoms with Crippen LogP contribution in [0.1, 0.15) is 32.0 Å². The second kappa shape index (κ2) is 7.05. The van der Waals surface area contributed by atoms with Gasteiger partial charge in [-0.25, -0.2) is 0 Å². The predicted octanol–water partition coefficient (Wildman–Crippen LogP) is 4.31. The molecule has 3 nitrogen and oxygen atoms in total. The van der Waals surface area contributed by atoms with E-state index in [4.69, 9.17) is 4.74 Å². The van der Waals surface area contributed by atoms with Crippen molar-refractivity contribution in [2.75, 3.05) is 0 Å². The van der Waals surface area contributed by atoms with Crippen LogP contribution in [-0.4, -0.2) is 10.5 Å². The van der Waals surface area contributed by atoms with Crippen molar-refractivity contribution in [1.29, 1.82) is 0 Å². The molecule has 1 heterocycles. The molecule has 0 fully saturated rings. The smallest absolute Gasteiger partial charge is 0.134 e. The fourth-order valence-corrected chi connectivity index (χ4v) is 2.13. The molecule has 0 aliphatic rings. The highest BCUT2D eigenvalue weighted by molar-refractivity contribution is 9.10.